The van der Waals surface area contributed by atoms with Gasteiger partial charge in [-0.25, -0.2) is 9.18 Å². The summed E-state index contributed by atoms with van der Waals surface area (Å²) in [4.78, 5) is 23.4. The second-order valence-electron chi connectivity index (χ2n) is 6.80. The number of hydrogen-bond acceptors (Lipinski definition) is 2. The predicted octanol–water partition coefficient (Wildman–Crippen LogP) is 2.48. The van der Waals surface area contributed by atoms with Crippen molar-refractivity contribution >= 4 is 11.9 Å². The highest BCUT2D eigenvalue weighted by atomic mass is 19.1. The summed E-state index contributed by atoms with van der Waals surface area (Å²) in [6, 6.07) is 5.70. The maximum absolute atomic E-state index is 13.1. The van der Waals surface area contributed by atoms with Gasteiger partial charge < -0.3 is 16.4 Å². The van der Waals surface area contributed by atoms with Gasteiger partial charge in [-0.2, -0.15) is 0 Å². The van der Waals surface area contributed by atoms with E-state index in [0.717, 1.165) is 24.8 Å². The molecule has 0 radical (unpaired) electrons. The van der Waals surface area contributed by atoms with Gasteiger partial charge in [-0.15, -0.1) is 0 Å². The van der Waals surface area contributed by atoms with Crippen LogP contribution in [0.5, 0.6) is 0 Å². The third-order valence-electron chi connectivity index (χ3n) is 4.49. The normalized spacial score (nSPS) is 16.3. The van der Waals surface area contributed by atoms with Crippen LogP contribution in [-0.4, -0.2) is 18.5 Å². The van der Waals surface area contributed by atoms with Gasteiger partial charge in [0, 0.05) is 6.54 Å². The molecule has 1 aliphatic rings. The molecule has 23 heavy (non-hydrogen) atoms. The summed E-state index contributed by atoms with van der Waals surface area (Å²) < 4.78 is 13.1. The number of amides is 3. The molecular formula is C17H24FN3O2. The fourth-order valence-electron chi connectivity index (χ4n) is 2.50. The van der Waals surface area contributed by atoms with E-state index in [2.05, 4.69) is 10.6 Å². The lowest BCUT2D eigenvalue weighted by molar-refractivity contribution is -0.125. The van der Waals surface area contributed by atoms with Crippen molar-refractivity contribution in [2.45, 2.75) is 39.2 Å². The average molecular weight is 321 g/mol. The Morgan fingerprint density at radius 3 is 2.39 bits per heavy atom. The molecule has 1 aromatic rings. The van der Waals surface area contributed by atoms with Crippen molar-refractivity contribution in [3.8, 4) is 0 Å². The van der Waals surface area contributed by atoms with Crippen molar-refractivity contribution in [1.29, 1.82) is 0 Å². The molecule has 1 aliphatic carbocycles. The van der Waals surface area contributed by atoms with Crippen molar-refractivity contribution in [2.75, 3.05) is 6.54 Å². The van der Waals surface area contributed by atoms with E-state index in [-0.39, 0.29) is 24.4 Å². The zero-order valence-electron chi connectivity index (χ0n) is 13.6. The van der Waals surface area contributed by atoms with Crippen LogP contribution in [0, 0.1) is 17.2 Å². The molecule has 0 saturated heterocycles. The molecule has 0 aromatic heterocycles. The Morgan fingerprint density at radius 2 is 1.91 bits per heavy atom. The van der Waals surface area contributed by atoms with Gasteiger partial charge in [0.1, 0.15) is 5.82 Å². The van der Waals surface area contributed by atoms with E-state index in [0.29, 0.717) is 5.92 Å². The lowest BCUT2D eigenvalue weighted by Gasteiger charge is -2.35. The highest BCUT2D eigenvalue weighted by molar-refractivity contribution is 5.81. The fourth-order valence-corrected chi connectivity index (χ4v) is 2.50. The van der Waals surface area contributed by atoms with Gasteiger partial charge in [0.2, 0.25) is 5.91 Å². The highest BCUT2D eigenvalue weighted by Gasteiger charge is 2.31. The summed E-state index contributed by atoms with van der Waals surface area (Å²) in [5, 5.41) is 5.64. The van der Waals surface area contributed by atoms with Crippen LogP contribution in [0.4, 0.5) is 9.18 Å². The van der Waals surface area contributed by atoms with E-state index in [9.17, 15) is 14.0 Å². The zero-order valence-corrected chi connectivity index (χ0v) is 13.6. The zero-order chi connectivity index (χ0) is 17.0. The van der Waals surface area contributed by atoms with Crippen LogP contribution in [0.25, 0.3) is 0 Å². The summed E-state index contributed by atoms with van der Waals surface area (Å²) in [6.45, 7) is 3.52. The molecule has 1 atom stereocenters. The number of nitrogens with one attached hydrogen (secondary N) is 2. The standard InChI is InChI=1S/C17H24FN3O2/c1-17(2,15(19)22)10-20-16(23)21-14(11-4-3-5-11)12-6-8-13(18)9-7-12/h6-9,11,14H,3-5,10H2,1-2H3,(H2,19,22)(H2,20,21,23)/t14-/m1/s1. The van der Waals surface area contributed by atoms with Crippen molar-refractivity contribution in [2.24, 2.45) is 17.1 Å². The minimum atomic E-state index is -0.806. The lowest BCUT2D eigenvalue weighted by atomic mass is 9.77. The van der Waals surface area contributed by atoms with E-state index in [1.807, 2.05) is 0 Å². The summed E-state index contributed by atoms with van der Waals surface area (Å²) in [5.74, 6) is -0.406. The van der Waals surface area contributed by atoms with E-state index >= 15 is 0 Å². The molecule has 126 valence electrons. The van der Waals surface area contributed by atoms with Gasteiger partial charge in [-0.3, -0.25) is 4.79 Å². The molecular weight excluding hydrogens is 297 g/mol. The van der Waals surface area contributed by atoms with E-state index in [1.165, 1.54) is 12.1 Å². The summed E-state index contributed by atoms with van der Waals surface area (Å²) >= 11 is 0. The number of hydrogen-bond donors (Lipinski definition) is 3. The number of rotatable bonds is 6. The van der Waals surface area contributed by atoms with Crippen LogP contribution in [-0.2, 0) is 4.79 Å². The summed E-state index contributed by atoms with van der Waals surface area (Å²) in [5.41, 5.74) is 5.38. The van der Waals surface area contributed by atoms with Crippen LogP contribution in [0.1, 0.15) is 44.7 Å². The van der Waals surface area contributed by atoms with Crippen LogP contribution in [0.2, 0.25) is 0 Å². The molecule has 0 aliphatic heterocycles. The van der Waals surface area contributed by atoms with Gasteiger partial charge >= 0.3 is 6.03 Å². The largest absolute Gasteiger partial charge is 0.369 e. The first kappa shape index (κ1) is 17.2. The van der Waals surface area contributed by atoms with Gasteiger partial charge in [-0.1, -0.05) is 18.6 Å². The smallest absolute Gasteiger partial charge is 0.315 e. The molecule has 3 amide bonds. The third-order valence-corrected chi connectivity index (χ3v) is 4.49. The monoisotopic (exact) mass is 321 g/mol. The Labute approximate surface area is 135 Å². The minimum absolute atomic E-state index is 0.152. The summed E-state index contributed by atoms with van der Waals surface area (Å²) in [7, 11) is 0. The van der Waals surface area contributed by atoms with Crippen molar-refractivity contribution in [3.63, 3.8) is 0 Å². The first-order valence-electron chi connectivity index (χ1n) is 7.89. The van der Waals surface area contributed by atoms with Gasteiger partial charge in [0.05, 0.1) is 11.5 Å². The topological polar surface area (TPSA) is 84.2 Å². The van der Waals surface area contributed by atoms with E-state index in [1.54, 1.807) is 26.0 Å². The molecule has 0 spiro atoms. The molecule has 1 saturated carbocycles. The van der Waals surface area contributed by atoms with Crippen molar-refractivity contribution in [3.05, 3.63) is 35.6 Å². The van der Waals surface area contributed by atoms with Crippen molar-refractivity contribution in [1.82, 2.24) is 10.6 Å². The number of carbonyl (C=O) groups is 2. The number of halogens is 1. The Hall–Kier alpha value is -2.11. The van der Waals surface area contributed by atoms with Crippen LogP contribution in [0.15, 0.2) is 24.3 Å². The second-order valence-corrected chi connectivity index (χ2v) is 6.80. The quantitative estimate of drug-likeness (QED) is 0.752. The molecule has 5 nitrogen and oxygen atoms in total. The Morgan fingerprint density at radius 1 is 1.30 bits per heavy atom. The number of benzene rings is 1. The Kier molecular flexibility index (Phi) is 5.23. The fraction of sp³-hybridized carbons (Fsp3) is 0.529. The van der Waals surface area contributed by atoms with Gasteiger partial charge in [-0.05, 0) is 50.3 Å². The predicted molar refractivity (Wildman–Crippen MR) is 86.0 cm³/mol. The second kappa shape index (κ2) is 6.98. The van der Waals surface area contributed by atoms with E-state index < -0.39 is 11.3 Å². The number of primary amides is 1. The lowest BCUT2D eigenvalue weighted by Crippen LogP contribution is -2.47. The molecule has 1 aromatic carbocycles. The minimum Gasteiger partial charge on any atom is -0.369 e. The van der Waals surface area contributed by atoms with E-state index in [4.69, 9.17) is 5.73 Å². The van der Waals surface area contributed by atoms with Gasteiger partial charge in [0.15, 0.2) is 0 Å². The third kappa shape index (κ3) is 4.43. The maximum Gasteiger partial charge on any atom is 0.315 e. The molecule has 2 rings (SSSR count). The summed E-state index contributed by atoms with van der Waals surface area (Å²) in [6.07, 6.45) is 3.21. The molecule has 0 bridgehead atoms. The van der Waals surface area contributed by atoms with Crippen LogP contribution < -0.4 is 16.4 Å². The molecule has 0 heterocycles. The number of carbonyl (C=O) groups excluding carboxylic acids is 2. The van der Waals surface area contributed by atoms with Crippen LogP contribution in [0.3, 0.4) is 0 Å². The number of nitrogens with two attached hydrogens (primary N) is 1. The van der Waals surface area contributed by atoms with Crippen molar-refractivity contribution < 1.29 is 14.0 Å². The highest BCUT2D eigenvalue weighted by Crippen LogP contribution is 2.37. The Balaban J connectivity index is 1.99. The molecule has 1 fully saturated rings. The SMILES string of the molecule is CC(C)(CNC(=O)N[C@@H](c1ccc(F)cc1)C1CCC1)C(N)=O. The molecule has 0 unspecified atom stereocenters. The van der Waals surface area contributed by atoms with Gasteiger partial charge in [0.25, 0.3) is 0 Å². The number of urea groups is 1. The van der Waals surface area contributed by atoms with Crippen LogP contribution >= 0.6 is 0 Å². The maximum atomic E-state index is 13.1. The Bertz CT molecular complexity index is 568. The molecule has 4 N–H and O–H groups in total. The first-order chi connectivity index (χ1) is 10.8. The first-order valence-corrected chi connectivity index (χ1v) is 7.89. The average Bonchev–Trinajstić information content (AvgIpc) is 2.43. The molecule has 6 heteroatoms.